The highest BCUT2D eigenvalue weighted by Gasteiger charge is 2.15. The summed E-state index contributed by atoms with van der Waals surface area (Å²) in [5.74, 6) is -0.0787. The van der Waals surface area contributed by atoms with Crippen molar-refractivity contribution in [1.82, 2.24) is 5.43 Å². The number of carbonyl (C=O) groups excluding carboxylic acids is 2. The highest BCUT2D eigenvalue weighted by Crippen LogP contribution is 2.27. The Balaban J connectivity index is 1.52. The summed E-state index contributed by atoms with van der Waals surface area (Å²) in [6.07, 6.45) is 0.671. The summed E-state index contributed by atoms with van der Waals surface area (Å²) in [7, 11) is 0. The Bertz CT molecular complexity index is 1340. The maximum Gasteiger partial charge on any atom is 0.343 e. The van der Waals surface area contributed by atoms with Crippen molar-refractivity contribution < 1.29 is 19.1 Å². The van der Waals surface area contributed by atoms with Crippen LogP contribution in [0.3, 0.4) is 0 Å². The first kappa shape index (κ1) is 23.0. The molecule has 0 radical (unpaired) electrons. The molecule has 4 aromatic carbocycles. The van der Waals surface area contributed by atoms with Crippen LogP contribution in [-0.4, -0.2) is 24.2 Å². The molecule has 0 fully saturated rings. The molecule has 170 valence electrons. The monoisotopic (exact) mass is 472 g/mol. The lowest BCUT2D eigenvalue weighted by atomic mass is 10.0. The minimum atomic E-state index is -0.791. The number of rotatable bonds is 7. The number of amides is 1. The number of nitrogens with one attached hydrogen (secondary N) is 1. The molecule has 0 aromatic heterocycles. The van der Waals surface area contributed by atoms with Crippen LogP contribution in [0, 0.1) is 0 Å². The fourth-order valence-electron chi connectivity index (χ4n) is 3.25. The van der Waals surface area contributed by atoms with Crippen LogP contribution in [0.2, 0.25) is 5.02 Å². The fourth-order valence-corrected chi connectivity index (χ4v) is 3.38. The molecule has 0 unspecified atom stereocenters. The normalized spacial score (nSPS) is 11.8. The number of hydrazone groups is 1. The van der Waals surface area contributed by atoms with E-state index in [0.29, 0.717) is 27.6 Å². The van der Waals surface area contributed by atoms with Gasteiger partial charge in [0, 0.05) is 10.6 Å². The molecule has 4 rings (SSSR count). The molecule has 34 heavy (non-hydrogen) atoms. The van der Waals surface area contributed by atoms with Crippen LogP contribution in [-0.2, 0) is 4.79 Å². The molecule has 6 nitrogen and oxygen atoms in total. The molecule has 0 saturated carbocycles. The van der Waals surface area contributed by atoms with Gasteiger partial charge in [-0.05, 0) is 60.2 Å². The second kappa shape index (κ2) is 10.6. The van der Waals surface area contributed by atoms with E-state index in [4.69, 9.17) is 21.1 Å². The van der Waals surface area contributed by atoms with Gasteiger partial charge in [0.1, 0.15) is 11.5 Å². The largest absolute Gasteiger partial charge is 0.481 e. The van der Waals surface area contributed by atoms with Crippen LogP contribution in [0.25, 0.3) is 10.8 Å². The van der Waals surface area contributed by atoms with E-state index >= 15 is 0 Å². The molecule has 0 heterocycles. The number of benzene rings is 4. The molecule has 0 aliphatic carbocycles. The molecule has 0 spiro atoms. The molecular weight excluding hydrogens is 452 g/mol. The van der Waals surface area contributed by atoms with Gasteiger partial charge in [-0.1, -0.05) is 60.1 Å². The average Bonchev–Trinajstić information content (AvgIpc) is 2.86. The van der Waals surface area contributed by atoms with E-state index < -0.39 is 18.0 Å². The third kappa shape index (κ3) is 5.60. The first-order valence-corrected chi connectivity index (χ1v) is 10.9. The summed E-state index contributed by atoms with van der Waals surface area (Å²) < 4.78 is 11.3. The Morgan fingerprint density at radius 1 is 0.912 bits per heavy atom. The molecule has 1 amide bonds. The number of fused-ring (bicyclic) bond motifs is 1. The number of hydrogen-bond acceptors (Lipinski definition) is 5. The quantitative estimate of drug-likeness (QED) is 0.164. The standard InChI is InChI=1S/C27H21ClN2O4/c1-18(33-22-14-12-21(28)13-15-22)26(31)30-29-17-24-23-10-6-5-7-19(23)11-16-25(24)34-27(32)20-8-3-2-4-9-20/h2-18H,1H3,(H,30,31)/b29-17-/t18-/m1/s1. The van der Waals surface area contributed by atoms with Crippen LogP contribution >= 0.6 is 11.6 Å². The van der Waals surface area contributed by atoms with Crippen LogP contribution in [0.4, 0.5) is 0 Å². The third-order valence-corrected chi connectivity index (χ3v) is 5.26. The van der Waals surface area contributed by atoms with Gasteiger partial charge < -0.3 is 9.47 Å². The van der Waals surface area contributed by atoms with E-state index in [9.17, 15) is 9.59 Å². The Kier molecular flexibility index (Phi) is 7.20. The molecule has 4 aromatic rings. The van der Waals surface area contributed by atoms with Crippen molar-refractivity contribution in [2.75, 3.05) is 0 Å². The number of carbonyl (C=O) groups is 2. The molecule has 7 heteroatoms. The predicted molar refractivity (Wildman–Crippen MR) is 133 cm³/mol. The van der Waals surface area contributed by atoms with Gasteiger partial charge in [-0.25, -0.2) is 10.2 Å². The van der Waals surface area contributed by atoms with Gasteiger partial charge in [0.25, 0.3) is 5.91 Å². The van der Waals surface area contributed by atoms with E-state index in [2.05, 4.69) is 10.5 Å². The summed E-state index contributed by atoms with van der Waals surface area (Å²) >= 11 is 5.87. The van der Waals surface area contributed by atoms with Crippen molar-refractivity contribution in [1.29, 1.82) is 0 Å². The van der Waals surface area contributed by atoms with Crippen molar-refractivity contribution >= 4 is 40.5 Å². The smallest absolute Gasteiger partial charge is 0.343 e. The molecule has 0 aliphatic heterocycles. The van der Waals surface area contributed by atoms with Gasteiger partial charge in [-0.3, -0.25) is 4.79 Å². The molecule has 0 saturated heterocycles. The van der Waals surface area contributed by atoms with Crippen LogP contribution in [0.1, 0.15) is 22.8 Å². The van der Waals surface area contributed by atoms with Gasteiger partial charge in [0.2, 0.25) is 0 Å². The van der Waals surface area contributed by atoms with Gasteiger partial charge in [0.05, 0.1) is 11.8 Å². The Morgan fingerprint density at radius 2 is 1.62 bits per heavy atom. The molecule has 1 atom stereocenters. The minimum absolute atomic E-state index is 0.330. The highest BCUT2D eigenvalue weighted by atomic mass is 35.5. The number of halogens is 1. The second-order valence-electron chi connectivity index (χ2n) is 7.40. The van der Waals surface area contributed by atoms with Gasteiger partial charge in [-0.15, -0.1) is 0 Å². The van der Waals surface area contributed by atoms with Crippen molar-refractivity contribution in [2.24, 2.45) is 5.10 Å². The van der Waals surface area contributed by atoms with Crippen molar-refractivity contribution in [3.8, 4) is 11.5 Å². The summed E-state index contributed by atoms with van der Waals surface area (Å²) in [6, 6.07) is 26.6. The van der Waals surface area contributed by atoms with Crippen molar-refractivity contribution in [2.45, 2.75) is 13.0 Å². The zero-order chi connectivity index (χ0) is 23.9. The topological polar surface area (TPSA) is 77.0 Å². The maximum absolute atomic E-state index is 12.6. The molecular formula is C27H21ClN2O4. The predicted octanol–water partition coefficient (Wildman–Crippen LogP) is 5.63. The molecule has 0 aliphatic rings. The van der Waals surface area contributed by atoms with Crippen LogP contribution in [0.15, 0.2) is 96.1 Å². The summed E-state index contributed by atoms with van der Waals surface area (Å²) in [5.41, 5.74) is 3.47. The summed E-state index contributed by atoms with van der Waals surface area (Å²) in [4.78, 5) is 25.1. The molecule has 1 N–H and O–H groups in total. The Labute approximate surface area is 201 Å². The Hall–Kier alpha value is -4.16. The average molecular weight is 473 g/mol. The van der Waals surface area contributed by atoms with E-state index in [-0.39, 0.29) is 0 Å². The molecule has 0 bridgehead atoms. The fraction of sp³-hybridized carbons (Fsp3) is 0.0741. The lowest BCUT2D eigenvalue weighted by molar-refractivity contribution is -0.127. The van der Waals surface area contributed by atoms with Crippen molar-refractivity contribution in [3.05, 3.63) is 107 Å². The lowest BCUT2D eigenvalue weighted by Gasteiger charge is -2.13. The van der Waals surface area contributed by atoms with Crippen molar-refractivity contribution in [3.63, 3.8) is 0 Å². The van der Waals surface area contributed by atoms with Gasteiger partial charge in [0.15, 0.2) is 6.10 Å². The van der Waals surface area contributed by atoms with Crippen LogP contribution < -0.4 is 14.9 Å². The van der Waals surface area contributed by atoms with E-state index in [1.165, 1.54) is 6.21 Å². The first-order chi connectivity index (χ1) is 16.5. The van der Waals surface area contributed by atoms with E-state index in [0.717, 1.165) is 10.8 Å². The van der Waals surface area contributed by atoms with Gasteiger partial charge >= 0.3 is 5.97 Å². The highest BCUT2D eigenvalue weighted by molar-refractivity contribution is 6.30. The van der Waals surface area contributed by atoms with Crippen LogP contribution in [0.5, 0.6) is 11.5 Å². The number of nitrogens with zero attached hydrogens (tertiary/aromatic N) is 1. The number of esters is 1. The summed E-state index contributed by atoms with van der Waals surface area (Å²) in [5, 5.41) is 6.43. The summed E-state index contributed by atoms with van der Waals surface area (Å²) in [6.45, 7) is 1.62. The second-order valence-corrected chi connectivity index (χ2v) is 7.84. The lowest BCUT2D eigenvalue weighted by Crippen LogP contribution is -2.33. The zero-order valence-corrected chi connectivity index (χ0v) is 19.0. The maximum atomic E-state index is 12.6. The third-order valence-electron chi connectivity index (χ3n) is 5.01. The van der Waals surface area contributed by atoms with Gasteiger partial charge in [-0.2, -0.15) is 5.10 Å². The minimum Gasteiger partial charge on any atom is -0.481 e. The number of ether oxygens (including phenoxy) is 2. The van der Waals surface area contributed by atoms with E-state index in [1.54, 1.807) is 61.5 Å². The van der Waals surface area contributed by atoms with E-state index in [1.807, 2.05) is 36.4 Å². The first-order valence-electron chi connectivity index (χ1n) is 10.6. The Morgan fingerprint density at radius 3 is 2.38 bits per heavy atom. The zero-order valence-electron chi connectivity index (χ0n) is 18.3. The number of hydrogen-bond donors (Lipinski definition) is 1. The SMILES string of the molecule is C[C@@H](Oc1ccc(Cl)cc1)C(=O)N/N=C\c1c(OC(=O)c2ccccc2)ccc2ccccc12.